The van der Waals surface area contributed by atoms with Crippen LogP contribution in [0.25, 0.3) is 11.2 Å². The molecule has 4 atom stereocenters. The van der Waals surface area contributed by atoms with Crippen molar-refractivity contribution in [2.45, 2.75) is 31.0 Å². The Balaban J connectivity index is 1.30. The summed E-state index contributed by atoms with van der Waals surface area (Å²) in [7, 11) is 0. The van der Waals surface area contributed by atoms with Crippen LogP contribution in [-0.2, 0) is 16.1 Å². The van der Waals surface area contributed by atoms with Crippen molar-refractivity contribution in [3.63, 3.8) is 0 Å². The topological polar surface area (TPSA) is 116 Å². The number of fused-ring (bicyclic) bond motifs is 2. The van der Waals surface area contributed by atoms with E-state index < -0.39 is 6.10 Å². The number of pyridine rings is 1. The van der Waals surface area contributed by atoms with Gasteiger partial charge in [-0.3, -0.25) is 4.79 Å². The van der Waals surface area contributed by atoms with Crippen LogP contribution in [0.15, 0.2) is 18.2 Å². The molecule has 0 saturated carbocycles. The first-order valence-electron chi connectivity index (χ1n) is 8.91. The van der Waals surface area contributed by atoms with Gasteiger partial charge in [0.25, 0.3) is 6.01 Å². The number of nitrogens with zero attached hydrogens (tertiary/aromatic N) is 2. The van der Waals surface area contributed by atoms with Crippen LogP contribution >= 0.6 is 22.9 Å². The molecule has 2 aliphatic heterocycles. The third kappa shape index (κ3) is 3.58. The summed E-state index contributed by atoms with van der Waals surface area (Å²) in [4.78, 5) is 24.0. The van der Waals surface area contributed by atoms with Crippen LogP contribution in [0.5, 0.6) is 11.9 Å². The molecule has 0 aromatic carbocycles. The van der Waals surface area contributed by atoms with Gasteiger partial charge in [0.2, 0.25) is 5.88 Å². The molecule has 0 spiro atoms. The summed E-state index contributed by atoms with van der Waals surface area (Å²) in [5.74, 6) is 0.241. The van der Waals surface area contributed by atoms with Gasteiger partial charge in [-0.15, -0.1) is 11.3 Å². The maximum atomic E-state index is 10.8. The standard InChI is InChI=1S/C18H16ClN3O6S/c19-10-3-11-16(21-17(10)27-5-9-2-1-8(4-23)29-9)22-18(20-11)28-13-7-26-14-12(24)6-25-15(13)14/h1-4,12-15,24H,5-7H2,(H,20,21,22)/t12-,13-,14-,15-/m1/s1. The third-order valence-electron chi connectivity index (χ3n) is 4.77. The Morgan fingerprint density at radius 3 is 3.00 bits per heavy atom. The van der Waals surface area contributed by atoms with E-state index in [1.54, 1.807) is 12.1 Å². The van der Waals surface area contributed by atoms with Crippen LogP contribution in [0, 0.1) is 0 Å². The van der Waals surface area contributed by atoms with E-state index in [0.717, 1.165) is 11.2 Å². The minimum absolute atomic E-state index is 0.228. The molecular formula is C18H16ClN3O6S. The third-order valence-corrected chi connectivity index (χ3v) is 6.02. The van der Waals surface area contributed by atoms with Gasteiger partial charge in [-0.1, -0.05) is 11.6 Å². The molecule has 11 heteroatoms. The van der Waals surface area contributed by atoms with Crippen LogP contribution in [0.3, 0.4) is 0 Å². The number of hydrogen-bond acceptors (Lipinski definition) is 9. The Morgan fingerprint density at radius 1 is 1.31 bits per heavy atom. The number of carbonyl (C=O) groups is 1. The number of thiophene rings is 1. The zero-order valence-corrected chi connectivity index (χ0v) is 16.5. The van der Waals surface area contributed by atoms with Crippen molar-refractivity contribution in [2.24, 2.45) is 0 Å². The molecule has 3 aromatic heterocycles. The normalized spacial score (nSPS) is 26.0. The number of ether oxygens (including phenoxy) is 4. The van der Waals surface area contributed by atoms with Crippen molar-refractivity contribution >= 4 is 40.4 Å². The van der Waals surface area contributed by atoms with Gasteiger partial charge in [0.1, 0.15) is 29.9 Å². The van der Waals surface area contributed by atoms with Gasteiger partial charge in [0.15, 0.2) is 18.0 Å². The molecule has 2 aliphatic rings. The first kappa shape index (κ1) is 18.8. The molecule has 2 N–H and O–H groups in total. The minimum Gasteiger partial charge on any atom is -0.471 e. The number of rotatable bonds is 6. The summed E-state index contributed by atoms with van der Waals surface area (Å²) >= 11 is 7.62. The number of imidazole rings is 1. The summed E-state index contributed by atoms with van der Waals surface area (Å²) in [6.07, 6.45) is -0.944. The van der Waals surface area contributed by atoms with E-state index in [1.165, 1.54) is 11.3 Å². The maximum Gasteiger partial charge on any atom is 0.296 e. The largest absolute Gasteiger partial charge is 0.471 e. The molecule has 0 bridgehead atoms. The van der Waals surface area contributed by atoms with Crippen LogP contribution in [0.1, 0.15) is 14.5 Å². The number of aliphatic hydroxyl groups excluding tert-OH is 1. The number of aldehydes is 1. The van der Waals surface area contributed by atoms with Crippen molar-refractivity contribution in [1.82, 2.24) is 15.0 Å². The van der Waals surface area contributed by atoms with Gasteiger partial charge in [0.05, 0.1) is 23.6 Å². The lowest BCUT2D eigenvalue weighted by Gasteiger charge is -2.15. The lowest BCUT2D eigenvalue weighted by molar-refractivity contribution is 0.00706. The molecule has 0 unspecified atom stereocenters. The number of aromatic amines is 1. The summed E-state index contributed by atoms with van der Waals surface area (Å²) in [5.41, 5.74) is 0.988. The van der Waals surface area contributed by atoms with Crippen molar-refractivity contribution in [3.05, 3.63) is 33.0 Å². The molecule has 3 aromatic rings. The lowest BCUT2D eigenvalue weighted by Crippen LogP contribution is -2.34. The highest BCUT2D eigenvalue weighted by Gasteiger charge is 2.48. The van der Waals surface area contributed by atoms with Crippen LogP contribution in [0.4, 0.5) is 0 Å². The Hall–Kier alpha value is -2.24. The van der Waals surface area contributed by atoms with Gasteiger partial charge >= 0.3 is 0 Å². The maximum absolute atomic E-state index is 10.8. The summed E-state index contributed by atoms with van der Waals surface area (Å²) in [6, 6.07) is 5.47. The molecule has 0 radical (unpaired) electrons. The highest BCUT2D eigenvalue weighted by atomic mass is 35.5. The predicted octanol–water partition coefficient (Wildman–Crippen LogP) is 1.97. The molecule has 2 saturated heterocycles. The molecule has 9 nitrogen and oxygen atoms in total. The van der Waals surface area contributed by atoms with E-state index in [-0.39, 0.29) is 43.4 Å². The molecule has 5 rings (SSSR count). The number of nitrogens with one attached hydrogen (secondary N) is 1. The van der Waals surface area contributed by atoms with Crippen molar-refractivity contribution in [2.75, 3.05) is 13.2 Å². The van der Waals surface area contributed by atoms with Gasteiger partial charge < -0.3 is 29.0 Å². The number of aromatic nitrogens is 3. The zero-order chi connectivity index (χ0) is 20.0. The van der Waals surface area contributed by atoms with Crippen molar-refractivity contribution < 1.29 is 28.8 Å². The quantitative estimate of drug-likeness (QED) is 0.562. The SMILES string of the molecule is O=Cc1ccc(COc2nc3nc(O[C@@H]4CO[C@H]5[C@@H]4OC[C@H]5O)[nH]c3cc2Cl)s1. The molecule has 5 heterocycles. The fourth-order valence-electron chi connectivity index (χ4n) is 3.40. The van der Waals surface area contributed by atoms with Crippen molar-refractivity contribution in [1.29, 1.82) is 0 Å². The Labute approximate surface area is 173 Å². The average Bonchev–Trinajstić information content (AvgIpc) is 3.47. The molecule has 0 aliphatic carbocycles. The minimum atomic E-state index is -0.643. The predicted molar refractivity (Wildman–Crippen MR) is 103 cm³/mol. The number of H-pyrrole nitrogens is 1. The van der Waals surface area contributed by atoms with Gasteiger partial charge in [0, 0.05) is 4.88 Å². The van der Waals surface area contributed by atoms with E-state index >= 15 is 0 Å². The van der Waals surface area contributed by atoms with Gasteiger partial charge in [-0.25, -0.2) is 0 Å². The van der Waals surface area contributed by atoms with E-state index in [0.29, 0.717) is 27.7 Å². The zero-order valence-electron chi connectivity index (χ0n) is 14.9. The molecule has 152 valence electrons. The first-order valence-corrected chi connectivity index (χ1v) is 10.1. The monoisotopic (exact) mass is 437 g/mol. The summed E-state index contributed by atoms with van der Waals surface area (Å²) < 4.78 is 22.7. The average molecular weight is 438 g/mol. The van der Waals surface area contributed by atoms with Crippen molar-refractivity contribution in [3.8, 4) is 11.9 Å². The molecule has 2 fully saturated rings. The number of halogens is 1. The number of carbonyl (C=O) groups excluding carboxylic acids is 1. The fraction of sp³-hybridized carbons (Fsp3) is 0.389. The lowest BCUT2D eigenvalue weighted by atomic mass is 10.1. The number of aliphatic hydroxyl groups is 1. The first-order chi connectivity index (χ1) is 14.1. The van der Waals surface area contributed by atoms with Crippen LogP contribution in [0.2, 0.25) is 5.02 Å². The highest BCUT2D eigenvalue weighted by molar-refractivity contribution is 7.13. The summed E-state index contributed by atoms with van der Waals surface area (Å²) in [6.45, 7) is 0.772. The summed E-state index contributed by atoms with van der Waals surface area (Å²) in [5, 5.41) is 10.1. The second-order valence-electron chi connectivity index (χ2n) is 6.72. The Kier molecular flexibility index (Phi) is 4.88. The number of hydrogen-bond donors (Lipinski definition) is 2. The second kappa shape index (κ2) is 7.54. The molecule has 29 heavy (non-hydrogen) atoms. The van der Waals surface area contributed by atoms with Gasteiger partial charge in [-0.05, 0) is 18.2 Å². The van der Waals surface area contributed by atoms with Crippen LogP contribution < -0.4 is 9.47 Å². The molecular weight excluding hydrogens is 422 g/mol. The van der Waals surface area contributed by atoms with E-state index in [2.05, 4.69) is 15.0 Å². The van der Waals surface area contributed by atoms with E-state index in [9.17, 15) is 9.90 Å². The van der Waals surface area contributed by atoms with E-state index in [4.69, 9.17) is 30.5 Å². The smallest absolute Gasteiger partial charge is 0.296 e. The highest BCUT2D eigenvalue weighted by Crippen LogP contribution is 2.31. The van der Waals surface area contributed by atoms with Crippen LogP contribution in [-0.4, -0.2) is 64.0 Å². The molecule has 0 amide bonds. The fourth-order valence-corrected chi connectivity index (χ4v) is 4.35. The Bertz CT molecular complexity index is 1060. The second-order valence-corrected chi connectivity index (χ2v) is 8.33. The van der Waals surface area contributed by atoms with E-state index in [1.807, 2.05) is 6.07 Å². The Morgan fingerprint density at radius 2 is 2.17 bits per heavy atom. The van der Waals surface area contributed by atoms with Gasteiger partial charge in [-0.2, -0.15) is 9.97 Å².